The molecular weight excluding hydrogens is 204 g/mol. The van der Waals surface area contributed by atoms with E-state index in [1.54, 1.807) is 6.92 Å². The lowest BCUT2D eigenvalue weighted by Gasteiger charge is -2.08. The average Bonchev–Trinajstić information content (AvgIpc) is 2.17. The van der Waals surface area contributed by atoms with E-state index in [0.717, 1.165) is 17.1 Å². The lowest BCUT2D eigenvalue weighted by molar-refractivity contribution is 1.13. The molecule has 0 aliphatic rings. The summed E-state index contributed by atoms with van der Waals surface area (Å²) in [4.78, 5) is 4.86. The van der Waals surface area contributed by atoms with E-state index in [4.69, 9.17) is 12.2 Å². The minimum absolute atomic E-state index is 0.600. The van der Waals surface area contributed by atoms with Crippen molar-refractivity contribution in [3.63, 3.8) is 0 Å². The minimum atomic E-state index is 0.600. The Labute approximate surface area is 95.7 Å². The molecule has 0 saturated heterocycles. The van der Waals surface area contributed by atoms with Gasteiger partial charge in [0.25, 0.3) is 0 Å². The number of rotatable bonds is 2. The zero-order valence-corrected chi connectivity index (χ0v) is 9.77. The number of hydrogen-bond acceptors (Lipinski definition) is 1. The molecule has 0 bridgehead atoms. The van der Waals surface area contributed by atoms with Crippen molar-refractivity contribution in [3.8, 4) is 0 Å². The van der Waals surface area contributed by atoms with Crippen molar-refractivity contribution < 1.29 is 0 Å². The number of nitrogens with one attached hydrogen (secondary N) is 1. The number of thiocarbonyl (C=S) groups is 1. The molecule has 1 aromatic carbocycles. The van der Waals surface area contributed by atoms with E-state index in [9.17, 15) is 0 Å². The van der Waals surface area contributed by atoms with Crippen LogP contribution >= 0.6 is 12.2 Å². The van der Waals surface area contributed by atoms with Gasteiger partial charge in [-0.05, 0) is 13.8 Å². The van der Waals surface area contributed by atoms with Crippen LogP contribution < -0.4 is 5.32 Å². The predicted molar refractivity (Wildman–Crippen MR) is 69.2 cm³/mol. The van der Waals surface area contributed by atoms with Crippen molar-refractivity contribution in [2.75, 3.05) is 0 Å². The second-order valence-electron chi connectivity index (χ2n) is 3.25. The Morgan fingerprint density at radius 2 is 1.87 bits per heavy atom. The van der Waals surface area contributed by atoms with Crippen LogP contribution in [0.1, 0.15) is 19.4 Å². The van der Waals surface area contributed by atoms with Gasteiger partial charge in [0.05, 0.1) is 0 Å². The first-order valence-electron chi connectivity index (χ1n) is 4.67. The van der Waals surface area contributed by atoms with E-state index in [0.29, 0.717) is 4.99 Å². The molecule has 0 heterocycles. The van der Waals surface area contributed by atoms with Gasteiger partial charge in [-0.1, -0.05) is 49.1 Å². The zero-order chi connectivity index (χ0) is 11.3. The van der Waals surface area contributed by atoms with E-state index in [-0.39, 0.29) is 0 Å². The molecular formula is C12H14N2S. The van der Waals surface area contributed by atoms with E-state index >= 15 is 0 Å². The standard InChI is InChI=1S/C12H14N2S/c1-9(2)13-12(14-10(3)15)11-7-5-4-6-8-11/h4-8H,1H2,2-3H3,(H,13,14,15). The Balaban J connectivity index is 3.02. The largest absolute Gasteiger partial charge is 0.344 e. The SMILES string of the molecule is C=C(C)NC(=NC(C)=S)c1ccccc1. The van der Waals surface area contributed by atoms with Crippen molar-refractivity contribution in [1.82, 2.24) is 5.32 Å². The number of allylic oxidation sites excluding steroid dienone is 1. The summed E-state index contributed by atoms with van der Waals surface area (Å²) in [6.07, 6.45) is 0. The summed E-state index contributed by atoms with van der Waals surface area (Å²) < 4.78 is 0. The topological polar surface area (TPSA) is 24.4 Å². The van der Waals surface area contributed by atoms with Crippen LogP contribution in [0.3, 0.4) is 0 Å². The molecule has 0 spiro atoms. The van der Waals surface area contributed by atoms with E-state index in [2.05, 4.69) is 16.9 Å². The first-order valence-corrected chi connectivity index (χ1v) is 5.07. The first-order chi connectivity index (χ1) is 7.09. The number of nitrogens with zero attached hydrogens (tertiary/aromatic N) is 1. The smallest absolute Gasteiger partial charge is 0.138 e. The highest BCUT2D eigenvalue weighted by atomic mass is 32.1. The summed E-state index contributed by atoms with van der Waals surface area (Å²) >= 11 is 4.97. The third kappa shape index (κ3) is 4.04. The van der Waals surface area contributed by atoms with Crippen molar-refractivity contribution in [2.24, 2.45) is 4.99 Å². The summed E-state index contributed by atoms with van der Waals surface area (Å²) in [5.74, 6) is 0.746. The fourth-order valence-corrected chi connectivity index (χ4v) is 1.21. The highest BCUT2D eigenvalue weighted by Crippen LogP contribution is 2.01. The molecule has 0 saturated carbocycles. The number of aliphatic imine (C=N–C) groups is 1. The molecule has 2 nitrogen and oxygen atoms in total. The molecule has 1 rings (SSSR count). The number of hydrogen-bond donors (Lipinski definition) is 1. The summed E-state index contributed by atoms with van der Waals surface area (Å²) in [6.45, 7) is 7.47. The molecule has 0 aliphatic carbocycles. The van der Waals surface area contributed by atoms with Crippen LogP contribution in [0.25, 0.3) is 0 Å². The second kappa shape index (κ2) is 5.41. The Morgan fingerprint density at radius 3 is 2.33 bits per heavy atom. The second-order valence-corrected chi connectivity index (χ2v) is 3.84. The van der Waals surface area contributed by atoms with Crippen LogP contribution in [-0.2, 0) is 0 Å². The van der Waals surface area contributed by atoms with Gasteiger partial charge in [0, 0.05) is 11.3 Å². The summed E-state index contributed by atoms with van der Waals surface area (Å²) in [5.41, 5.74) is 1.85. The Kier molecular flexibility index (Phi) is 4.18. The van der Waals surface area contributed by atoms with Crippen molar-refractivity contribution >= 4 is 23.0 Å². The molecule has 3 heteroatoms. The van der Waals surface area contributed by atoms with Crippen molar-refractivity contribution in [1.29, 1.82) is 0 Å². The van der Waals surface area contributed by atoms with Crippen molar-refractivity contribution in [2.45, 2.75) is 13.8 Å². The minimum Gasteiger partial charge on any atom is -0.344 e. The maximum Gasteiger partial charge on any atom is 0.138 e. The van der Waals surface area contributed by atoms with Crippen LogP contribution in [-0.4, -0.2) is 10.8 Å². The van der Waals surface area contributed by atoms with Crippen molar-refractivity contribution in [3.05, 3.63) is 48.2 Å². The van der Waals surface area contributed by atoms with Gasteiger partial charge in [0.2, 0.25) is 0 Å². The molecule has 0 atom stereocenters. The predicted octanol–water partition coefficient (Wildman–Crippen LogP) is 2.90. The highest BCUT2D eigenvalue weighted by molar-refractivity contribution is 7.80. The highest BCUT2D eigenvalue weighted by Gasteiger charge is 2.02. The van der Waals surface area contributed by atoms with Gasteiger partial charge in [-0.25, -0.2) is 4.99 Å². The molecule has 0 unspecified atom stereocenters. The van der Waals surface area contributed by atoms with Gasteiger partial charge >= 0.3 is 0 Å². The third-order valence-corrected chi connectivity index (χ3v) is 1.74. The molecule has 1 N–H and O–H groups in total. The lowest BCUT2D eigenvalue weighted by atomic mass is 10.2. The van der Waals surface area contributed by atoms with Crippen LogP contribution in [0.15, 0.2) is 47.6 Å². The van der Waals surface area contributed by atoms with Gasteiger partial charge in [-0.2, -0.15) is 0 Å². The number of benzene rings is 1. The van der Waals surface area contributed by atoms with Gasteiger partial charge in [-0.15, -0.1) is 0 Å². The van der Waals surface area contributed by atoms with Gasteiger partial charge in [-0.3, -0.25) is 0 Å². The maximum atomic E-state index is 4.97. The lowest BCUT2D eigenvalue weighted by Crippen LogP contribution is -2.22. The fraction of sp³-hybridized carbons (Fsp3) is 0.167. The normalized spacial score (nSPS) is 10.9. The molecule has 15 heavy (non-hydrogen) atoms. The van der Waals surface area contributed by atoms with E-state index in [1.165, 1.54) is 0 Å². The first kappa shape index (κ1) is 11.6. The Bertz CT molecular complexity index is 393. The molecule has 1 aromatic rings. The Morgan fingerprint density at radius 1 is 1.27 bits per heavy atom. The Hall–Kier alpha value is -1.48. The number of amidine groups is 1. The third-order valence-electron chi connectivity index (χ3n) is 1.65. The maximum absolute atomic E-state index is 4.97. The molecule has 0 aliphatic heterocycles. The summed E-state index contributed by atoms with van der Waals surface area (Å²) in [6, 6.07) is 9.85. The fourth-order valence-electron chi connectivity index (χ4n) is 1.12. The van der Waals surface area contributed by atoms with Crippen LogP contribution in [0, 0.1) is 0 Å². The van der Waals surface area contributed by atoms with Gasteiger partial charge < -0.3 is 5.32 Å². The zero-order valence-electron chi connectivity index (χ0n) is 8.95. The van der Waals surface area contributed by atoms with E-state index in [1.807, 2.05) is 37.3 Å². The van der Waals surface area contributed by atoms with E-state index < -0.39 is 0 Å². The summed E-state index contributed by atoms with van der Waals surface area (Å²) in [7, 11) is 0. The monoisotopic (exact) mass is 218 g/mol. The molecule has 0 fully saturated rings. The molecule has 78 valence electrons. The summed E-state index contributed by atoms with van der Waals surface area (Å²) in [5, 5.41) is 3.10. The average molecular weight is 218 g/mol. The molecule has 0 radical (unpaired) electrons. The molecule has 0 aromatic heterocycles. The van der Waals surface area contributed by atoms with Gasteiger partial charge in [0.1, 0.15) is 10.8 Å². The molecule has 0 amide bonds. The quantitative estimate of drug-likeness (QED) is 0.469. The van der Waals surface area contributed by atoms with Crippen LogP contribution in [0.5, 0.6) is 0 Å². The van der Waals surface area contributed by atoms with Gasteiger partial charge in [0.15, 0.2) is 0 Å². The van der Waals surface area contributed by atoms with Crippen LogP contribution in [0.4, 0.5) is 0 Å². The van der Waals surface area contributed by atoms with Crippen LogP contribution in [0.2, 0.25) is 0 Å².